The van der Waals surface area contributed by atoms with E-state index < -0.39 is 96.0 Å². The number of aryl methyl sites for hydroxylation is 1. The van der Waals surface area contributed by atoms with Crippen molar-refractivity contribution < 1.29 is 77.6 Å². The third-order valence-electron chi connectivity index (χ3n) is 12.4. The molecule has 362 valence electrons. The van der Waals surface area contributed by atoms with Crippen molar-refractivity contribution in [2.24, 2.45) is 0 Å². The van der Waals surface area contributed by atoms with Crippen molar-refractivity contribution in [3.8, 4) is 17.1 Å². The fourth-order valence-electron chi connectivity index (χ4n) is 8.98. The molecule has 8 N–H and O–H groups in total. The average molecular weight is 948 g/mol. The molecule has 4 aromatic rings. The van der Waals surface area contributed by atoms with Crippen LogP contribution in [0.15, 0.2) is 35.1 Å². The number of esters is 1. The Hall–Kier alpha value is -6.72. The van der Waals surface area contributed by atoms with Crippen LogP contribution in [0.5, 0.6) is 5.75 Å². The van der Waals surface area contributed by atoms with Crippen LogP contribution in [0.3, 0.4) is 0 Å². The van der Waals surface area contributed by atoms with Gasteiger partial charge in [0.25, 0.3) is 5.56 Å². The summed E-state index contributed by atoms with van der Waals surface area (Å²) in [6.07, 6.45) is -11.1. The van der Waals surface area contributed by atoms with E-state index in [1.807, 2.05) is 0 Å². The van der Waals surface area contributed by atoms with Gasteiger partial charge in [0, 0.05) is 35.5 Å². The maximum atomic E-state index is 15.4. The summed E-state index contributed by atoms with van der Waals surface area (Å²) >= 11 is 0. The summed E-state index contributed by atoms with van der Waals surface area (Å²) in [7, 11) is 0. The number of fused-ring (bicyclic) bond motifs is 5. The van der Waals surface area contributed by atoms with Gasteiger partial charge in [-0.25, -0.2) is 28.6 Å². The van der Waals surface area contributed by atoms with Gasteiger partial charge in [-0.05, 0) is 87.4 Å². The number of aliphatic hydroxyl groups is 4. The number of aliphatic carboxylic acids is 1. The number of carbonyl (C=O) groups excluding carboxylic acids is 4. The Morgan fingerprint density at radius 3 is 2.47 bits per heavy atom. The number of amides is 3. The lowest BCUT2D eigenvalue weighted by Gasteiger charge is -2.38. The Bertz CT molecular complexity index is 2830. The van der Waals surface area contributed by atoms with E-state index in [-0.39, 0.29) is 60.6 Å². The van der Waals surface area contributed by atoms with Crippen molar-refractivity contribution >= 4 is 46.6 Å². The SMILES string of the molecule is CC[C@@]1(O)C(=O)OCc2c1cc1n(c2=O)Cc2c-1nc1cc(F)c(C)c3c1c2[C@@H](NC(=O)OCc1ccc(O[C@@H]2O[C@H](C(=O)O)[C@@H](O)[C@H](O)[C@H]2O)c(NC(=O)CCNC(=O)OC(C)(C)C)c1)CC3. The van der Waals surface area contributed by atoms with E-state index >= 15 is 4.39 Å². The minimum absolute atomic E-state index is 0.00998. The first-order chi connectivity index (χ1) is 32.1. The molecule has 3 aliphatic heterocycles. The van der Waals surface area contributed by atoms with Crippen LogP contribution in [0.25, 0.3) is 22.3 Å². The number of alkyl carbamates (subject to hydrolysis) is 2. The highest BCUT2D eigenvalue weighted by molar-refractivity contribution is 5.94. The number of aromatic nitrogens is 2. The highest BCUT2D eigenvalue weighted by Gasteiger charge is 2.49. The third-order valence-corrected chi connectivity index (χ3v) is 12.4. The molecule has 0 spiro atoms. The summed E-state index contributed by atoms with van der Waals surface area (Å²) in [5.41, 5.74) is 0.204. The number of aliphatic hydroxyl groups excluding tert-OH is 3. The van der Waals surface area contributed by atoms with E-state index in [1.54, 1.807) is 40.7 Å². The number of nitrogens with one attached hydrogen (secondary N) is 3. The van der Waals surface area contributed by atoms with Crippen LogP contribution in [0.2, 0.25) is 0 Å². The van der Waals surface area contributed by atoms with E-state index in [9.17, 15) is 54.3 Å². The summed E-state index contributed by atoms with van der Waals surface area (Å²) < 4.78 is 44.0. The third kappa shape index (κ3) is 8.80. The molecule has 0 unspecified atom stereocenters. The molecule has 8 rings (SSSR count). The van der Waals surface area contributed by atoms with Crippen LogP contribution in [0.4, 0.5) is 19.7 Å². The molecule has 3 amide bonds. The summed E-state index contributed by atoms with van der Waals surface area (Å²) in [4.78, 5) is 82.4. The molecular formula is C46H50FN5O16. The first-order valence-corrected chi connectivity index (χ1v) is 21.8. The largest absolute Gasteiger partial charge is 0.479 e. The zero-order valence-corrected chi connectivity index (χ0v) is 37.5. The quantitative estimate of drug-likeness (QED) is 0.0697. The number of pyridine rings is 2. The van der Waals surface area contributed by atoms with E-state index in [4.69, 9.17) is 28.7 Å². The van der Waals surface area contributed by atoms with Gasteiger partial charge in [0.2, 0.25) is 12.2 Å². The maximum absolute atomic E-state index is 15.4. The number of carboxylic acids is 1. The second-order valence-electron chi connectivity index (χ2n) is 18.0. The molecular weight excluding hydrogens is 898 g/mol. The van der Waals surface area contributed by atoms with E-state index in [0.717, 1.165) is 0 Å². The second kappa shape index (κ2) is 18.1. The van der Waals surface area contributed by atoms with Gasteiger partial charge in [-0.3, -0.25) is 9.59 Å². The first kappa shape index (κ1) is 47.8. The molecule has 22 heteroatoms. The number of nitrogens with zero attached hydrogens (tertiary/aromatic N) is 2. The highest BCUT2D eigenvalue weighted by Crippen LogP contribution is 2.46. The zero-order chi connectivity index (χ0) is 49.1. The number of cyclic esters (lactones) is 1. The number of benzene rings is 2. The van der Waals surface area contributed by atoms with Crippen molar-refractivity contribution in [3.05, 3.63) is 85.4 Å². The molecule has 1 aliphatic carbocycles. The number of anilines is 1. The monoisotopic (exact) mass is 947 g/mol. The van der Waals surface area contributed by atoms with Gasteiger partial charge in [-0.1, -0.05) is 13.0 Å². The van der Waals surface area contributed by atoms with Crippen molar-refractivity contribution in [2.75, 3.05) is 11.9 Å². The molecule has 2 aromatic carbocycles. The Morgan fingerprint density at radius 1 is 1.01 bits per heavy atom. The topological polar surface area (TPSA) is 304 Å². The molecule has 21 nitrogen and oxygen atoms in total. The van der Waals surface area contributed by atoms with Crippen LogP contribution in [-0.4, -0.2) is 108 Å². The number of carboxylic acid groups (broad SMARTS) is 1. The van der Waals surface area contributed by atoms with E-state index in [1.165, 1.54) is 28.8 Å². The van der Waals surface area contributed by atoms with Gasteiger partial charge in [0.05, 0.1) is 40.7 Å². The summed E-state index contributed by atoms with van der Waals surface area (Å²) in [6.45, 7) is 7.37. The molecule has 68 heavy (non-hydrogen) atoms. The normalized spacial score (nSPS) is 23.6. The second-order valence-corrected chi connectivity index (χ2v) is 18.0. The summed E-state index contributed by atoms with van der Waals surface area (Å²) in [5.74, 6) is -3.86. The van der Waals surface area contributed by atoms with Crippen molar-refractivity contribution in [2.45, 2.75) is 128 Å². The van der Waals surface area contributed by atoms with Crippen LogP contribution in [-0.2, 0) is 65.1 Å². The fraction of sp³-hybridized carbons (Fsp3) is 0.457. The van der Waals surface area contributed by atoms with Crippen molar-refractivity contribution in [1.82, 2.24) is 20.2 Å². The van der Waals surface area contributed by atoms with Crippen molar-refractivity contribution in [1.29, 1.82) is 0 Å². The lowest BCUT2D eigenvalue weighted by molar-refractivity contribution is -0.271. The van der Waals surface area contributed by atoms with Gasteiger partial charge in [0.15, 0.2) is 11.7 Å². The Balaban J connectivity index is 1.05. The predicted molar refractivity (Wildman–Crippen MR) is 232 cm³/mol. The molecule has 1 saturated heterocycles. The van der Waals surface area contributed by atoms with Gasteiger partial charge in [-0.15, -0.1) is 0 Å². The zero-order valence-electron chi connectivity index (χ0n) is 37.5. The number of rotatable bonds is 11. The average Bonchev–Trinajstić information content (AvgIpc) is 3.65. The lowest BCUT2D eigenvalue weighted by atomic mass is 9.81. The van der Waals surface area contributed by atoms with Crippen molar-refractivity contribution in [3.63, 3.8) is 0 Å². The highest BCUT2D eigenvalue weighted by atomic mass is 19.1. The summed E-state index contributed by atoms with van der Waals surface area (Å²) in [6, 6.07) is 6.18. The Morgan fingerprint density at radius 2 is 1.76 bits per heavy atom. The molecule has 0 radical (unpaired) electrons. The fourth-order valence-corrected chi connectivity index (χ4v) is 8.98. The van der Waals surface area contributed by atoms with Gasteiger partial charge < -0.3 is 69.7 Å². The molecule has 1 fully saturated rings. The number of hydrogen-bond acceptors (Lipinski definition) is 16. The Kier molecular flexibility index (Phi) is 12.7. The predicted octanol–water partition coefficient (Wildman–Crippen LogP) is 2.57. The minimum Gasteiger partial charge on any atom is -0.479 e. The number of halogens is 1. The van der Waals surface area contributed by atoms with Gasteiger partial charge in [-0.2, -0.15) is 0 Å². The molecule has 0 bridgehead atoms. The molecule has 2 aromatic heterocycles. The van der Waals surface area contributed by atoms with E-state index in [0.29, 0.717) is 57.4 Å². The summed E-state index contributed by atoms with van der Waals surface area (Å²) in [5, 5.41) is 60.6. The first-order valence-electron chi connectivity index (χ1n) is 21.8. The Labute approximate surface area is 386 Å². The molecule has 4 aliphatic rings. The number of carbonyl (C=O) groups is 5. The lowest BCUT2D eigenvalue weighted by Crippen LogP contribution is -2.61. The number of ether oxygens (including phenoxy) is 5. The molecule has 7 atom stereocenters. The standard InChI is InChI=1S/C46H50FN5O16/c1-6-46(63)24-14-29-34-22(16-52(29)39(57)23(24)18-64-42(46)60)33-26(9-8-21-19(2)25(47)15-28(50-34)32(21)33)51-44(62)65-17-20-7-10-30(66-41-37(56)35(54)36(55)38(67-41)40(58)59)27(13-20)49-31(53)11-12-48-43(61)68-45(3,4)5/h7,10,13-15,26,35-38,41,54-56,63H,6,8-9,11-12,16-18H2,1-5H3,(H,48,61)(H,49,53)(H,51,62)(H,58,59)/t26-,35-,36-,37+,38-,41+,46-/m0/s1. The smallest absolute Gasteiger partial charge is 0.407 e. The van der Waals surface area contributed by atoms with Crippen LogP contribution in [0.1, 0.15) is 91.9 Å². The van der Waals surface area contributed by atoms with E-state index in [2.05, 4.69) is 16.0 Å². The van der Waals surface area contributed by atoms with Crippen LogP contribution in [0, 0.1) is 12.7 Å². The molecule has 0 saturated carbocycles. The number of hydrogen-bond donors (Lipinski definition) is 8. The van der Waals surface area contributed by atoms with Gasteiger partial charge in [0.1, 0.15) is 48.7 Å². The maximum Gasteiger partial charge on any atom is 0.407 e. The van der Waals surface area contributed by atoms with Crippen LogP contribution >= 0.6 is 0 Å². The minimum atomic E-state index is -2.08. The van der Waals surface area contributed by atoms with Gasteiger partial charge >= 0.3 is 24.1 Å². The molecule has 5 heterocycles. The van der Waals surface area contributed by atoms with Crippen LogP contribution < -0.4 is 26.2 Å².